The molecule has 3 rings (SSSR count). The molecule has 3 nitrogen and oxygen atoms in total. The first kappa shape index (κ1) is 11.1. The molecule has 1 aliphatic heterocycles. The number of nitrogens with zero attached hydrogens (tertiary/aromatic N) is 1. The van der Waals surface area contributed by atoms with Gasteiger partial charge >= 0.3 is 6.18 Å². The van der Waals surface area contributed by atoms with Gasteiger partial charge in [0.2, 0.25) is 6.10 Å². The third-order valence-electron chi connectivity index (χ3n) is 2.95. The summed E-state index contributed by atoms with van der Waals surface area (Å²) in [5, 5.41) is 0.688. The summed E-state index contributed by atoms with van der Waals surface area (Å²) in [4.78, 5) is 11.7. The van der Waals surface area contributed by atoms with Gasteiger partial charge in [-0.3, -0.25) is 4.79 Å². The first-order valence-corrected chi connectivity index (χ1v) is 5.33. The van der Waals surface area contributed by atoms with Crippen LogP contribution in [-0.4, -0.2) is 16.8 Å². The van der Waals surface area contributed by atoms with E-state index in [9.17, 15) is 18.0 Å². The van der Waals surface area contributed by atoms with E-state index in [0.717, 1.165) is 4.57 Å². The Labute approximate surface area is 99.4 Å². The maximum atomic E-state index is 12.7. The largest absolute Gasteiger partial charge is 0.477 e. The van der Waals surface area contributed by atoms with E-state index in [1.165, 1.54) is 12.1 Å². The van der Waals surface area contributed by atoms with Gasteiger partial charge in [0, 0.05) is 11.5 Å². The lowest BCUT2D eigenvalue weighted by Gasteiger charge is -2.28. The molecular formula is C12H8F3NO2. The number of alkyl halides is 3. The van der Waals surface area contributed by atoms with Crippen molar-refractivity contribution in [1.29, 1.82) is 0 Å². The van der Waals surface area contributed by atoms with Crippen molar-refractivity contribution in [3.63, 3.8) is 0 Å². The standard InChI is InChI=1S/C12H8F3NO2/c13-12(14,15)9-6-16-10(17)5-4-7-2-1-3-8(18-9)11(7)16/h1-5,9H,6H2. The number of aromatic nitrogens is 1. The van der Waals surface area contributed by atoms with Gasteiger partial charge in [0.05, 0.1) is 12.1 Å². The summed E-state index contributed by atoms with van der Waals surface area (Å²) in [6.45, 7) is -0.503. The normalized spacial score (nSPS) is 18.7. The fourth-order valence-electron chi connectivity index (χ4n) is 2.13. The van der Waals surface area contributed by atoms with Crippen LogP contribution in [0.15, 0.2) is 35.1 Å². The average Bonchev–Trinajstić information content (AvgIpc) is 2.32. The number of pyridine rings is 1. The molecule has 2 aromatic rings. The van der Waals surface area contributed by atoms with Gasteiger partial charge in [-0.15, -0.1) is 0 Å². The lowest BCUT2D eigenvalue weighted by atomic mass is 10.1. The highest BCUT2D eigenvalue weighted by Gasteiger charge is 2.44. The Morgan fingerprint density at radius 2 is 2.00 bits per heavy atom. The Morgan fingerprint density at radius 1 is 1.22 bits per heavy atom. The van der Waals surface area contributed by atoms with Crippen LogP contribution in [0.1, 0.15) is 0 Å². The second-order valence-corrected chi connectivity index (χ2v) is 4.12. The fourth-order valence-corrected chi connectivity index (χ4v) is 2.13. The quantitative estimate of drug-likeness (QED) is 0.723. The van der Waals surface area contributed by atoms with Crippen molar-refractivity contribution in [2.24, 2.45) is 0 Å². The lowest BCUT2D eigenvalue weighted by molar-refractivity contribution is -0.200. The number of benzene rings is 1. The van der Waals surface area contributed by atoms with Gasteiger partial charge in [0.1, 0.15) is 5.75 Å². The Bertz CT molecular complexity index is 675. The molecule has 0 fully saturated rings. The maximum absolute atomic E-state index is 12.7. The number of hydrogen-bond donors (Lipinski definition) is 0. The molecule has 1 aromatic heterocycles. The highest BCUT2D eigenvalue weighted by molar-refractivity contribution is 5.85. The molecule has 1 atom stereocenters. The highest BCUT2D eigenvalue weighted by Crippen LogP contribution is 2.34. The first-order valence-electron chi connectivity index (χ1n) is 5.33. The Kier molecular flexibility index (Phi) is 2.17. The molecule has 0 amide bonds. The minimum Gasteiger partial charge on any atom is -0.477 e. The second-order valence-electron chi connectivity index (χ2n) is 4.12. The summed E-state index contributed by atoms with van der Waals surface area (Å²) in [7, 11) is 0. The number of hydrogen-bond acceptors (Lipinski definition) is 2. The summed E-state index contributed by atoms with van der Waals surface area (Å²) in [6, 6.07) is 7.62. The number of rotatable bonds is 0. The highest BCUT2D eigenvalue weighted by atomic mass is 19.4. The molecule has 1 unspecified atom stereocenters. The third kappa shape index (κ3) is 1.56. The van der Waals surface area contributed by atoms with Crippen LogP contribution < -0.4 is 10.3 Å². The van der Waals surface area contributed by atoms with Gasteiger partial charge in [-0.2, -0.15) is 13.2 Å². The van der Waals surface area contributed by atoms with Crippen molar-refractivity contribution in [2.75, 3.05) is 0 Å². The number of para-hydroxylation sites is 1. The molecule has 0 radical (unpaired) electrons. The van der Waals surface area contributed by atoms with Crippen molar-refractivity contribution in [3.8, 4) is 5.75 Å². The molecule has 0 saturated carbocycles. The summed E-state index contributed by atoms with van der Waals surface area (Å²) >= 11 is 0. The molecule has 2 heterocycles. The molecule has 18 heavy (non-hydrogen) atoms. The lowest BCUT2D eigenvalue weighted by Crippen LogP contribution is -2.43. The molecule has 0 saturated heterocycles. The van der Waals surface area contributed by atoms with E-state index in [1.807, 2.05) is 0 Å². The van der Waals surface area contributed by atoms with Crippen LogP contribution in [0.3, 0.4) is 0 Å². The smallest absolute Gasteiger partial charge is 0.427 e. The predicted molar refractivity (Wildman–Crippen MR) is 58.7 cm³/mol. The number of halogens is 3. The molecule has 0 bridgehead atoms. The van der Waals surface area contributed by atoms with Gasteiger partial charge in [-0.25, -0.2) is 0 Å². The van der Waals surface area contributed by atoms with E-state index < -0.39 is 24.4 Å². The van der Waals surface area contributed by atoms with E-state index in [2.05, 4.69) is 0 Å². The summed E-state index contributed by atoms with van der Waals surface area (Å²) in [6.07, 6.45) is -6.47. The molecule has 1 aliphatic rings. The molecule has 94 valence electrons. The van der Waals surface area contributed by atoms with Crippen LogP contribution in [0.5, 0.6) is 5.75 Å². The first-order chi connectivity index (χ1) is 8.47. The van der Waals surface area contributed by atoms with Crippen LogP contribution in [-0.2, 0) is 6.54 Å². The van der Waals surface area contributed by atoms with Gasteiger partial charge in [-0.1, -0.05) is 12.1 Å². The summed E-state index contributed by atoms with van der Waals surface area (Å²) < 4.78 is 44.2. The van der Waals surface area contributed by atoms with E-state index >= 15 is 0 Å². The van der Waals surface area contributed by atoms with Crippen molar-refractivity contribution >= 4 is 10.9 Å². The van der Waals surface area contributed by atoms with Crippen molar-refractivity contribution < 1.29 is 17.9 Å². The van der Waals surface area contributed by atoms with Crippen LogP contribution in [0.2, 0.25) is 0 Å². The Hall–Kier alpha value is -1.98. The Morgan fingerprint density at radius 3 is 2.72 bits per heavy atom. The predicted octanol–water partition coefficient (Wildman–Crippen LogP) is 2.32. The van der Waals surface area contributed by atoms with Crippen LogP contribution >= 0.6 is 0 Å². The molecule has 0 spiro atoms. The van der Waals surface area contributed by atoms with Crippen molar-refractivity contribution in [2.45, 2.75) is 18.8 Å². The van der Waals surface area contributed by atoms with E-state index in [4.69, 9.17) is 4.74 Å². The minimum atomic E-state index is -4.49. The molecule has 6 heteroatoms. The monoisotopic (exact) mass is 255 g/mol. The van der Waals surface area contributed by atoms with E-state index in [-0.39, 0.29) is 5.75 Å². The fraction of sp³-hybridized carbons (Fsp3) is 0.250. The van der Waals surface area contributed by atoms with Gasteiger partial charge in [0.15, 0.2) is 0 Å². The minimum absolute atomic E-state index is 0.0961. The van der Waals surface area contributed by atoms with Crippen LogP contribution in [0.25, 0.3) is 10.9 Å². The van der Waals surface area contributed by atoms with Crippen molar-refractivity contribution in [3.05, 3.63) is 40.7 Å². The zero-order chi connectivity index (χ0) is 12.9. The zero-order valence-electron chi connectivity index (χ0n) is 9.07. The van der Waals surface area contributed by atoms with Gasteiger partial charge < -0.3 is 9.30 Å². The Balaban J connectivity index is 2.26. The average molecular weight is 255 g/mol. The summed E-state index contributed by atoms with van der Waals surface area (Å²) in [5.41, 5.74) is -0.0296. The topological polar surface area (TPSA) is 31.2 Å². The second kappa shape index (κ2) is 3.51. The van der Waals surface area contributed by atoms with E-state index in [1.54, 1.807) is 18.2 Å². The molecular weight excluding hydrogens is 247 g/mol. The SMILES string of the molecule is O=c1ccc2cccc3c2n1CC(C(F)(F)F)O3. The van der Waals surface area contributed by atoms with E-state index in [0.29, 0.717) is 10.9 Å². The molecule has 1 aromatic carbocycles. The third-order valence-corrected chi connectivity index (χ3v) is 2.95. The van der Waals surface area contributed by atoms with Crippen LogP contribution in [0, 0.1) is 0 Å². The summed E-state index contributed by atoms with van der Waals surface area (Å²) in [5.74, 6) is 0.0961. The zero-order valence-corrected chi connectivity index (χ0v) is 9.07. The van der Waals surface area contributed by atoms with Gasteiger partial charge in [0.25, 0.3) is 5.56 Å². The molecule has 0 aliphatic carbocycles. The molecule has 0 N–H and O–H groups in total. The van der Waals surface area contributed by atoms with Crippen LogP contribution in [0.4, 0.5) is 13.2 Å². The number of ether oxygens (including phenoxy) is 1. The van der Waals surface area contributed by atoms with Crippen molar-refractivity contribution in [1.82, 2.24) is 4.57 Å². The van der Waals surface area contributed by atoms with Gasteiger partial charge in [-0.05, 0) is 12.1 Å². The maximum Gasteiger partial charge on any atom is 0.427 e.